The van der Waals surface area contributed by atoms with Gasteiger partial charge in [0, 0.05) is 17.8 Å². The van der Waals surface area contributed by atoms with Gasteiger partial charge < -0.3 is 14.6 Å². The zero-order chi connectivity index (χ0) is 21.7. The average molecular weight is 425 g/mol. The number of nitrogens with one attached hydrogen (secondary N) is 1. The molecule has 1 N–H and O–H groups in total. The molecule has 0 saturated heterocycles. The fraction of sp³-hybridized carbons (Fsp3) is 0.348. The topological polar surface area (TPSA) is 69.0 Å². The first-order chi connectivity index (χ1) is 14.4. The summed E-state index contributed by atoms with van der Waals surface area (Å²) in [5.41, 5.74) is 2.94. The molecule has 0 radical (unpaired) electrons. The van der Waals surface area contributed by atoms with Gasteiger partial charge in [-0.15, -0.1) is 10.2 Å². The zero-order valence-corrected chi connectivity index (χ0v) is 18.9. The standard InChI is InChI=1S/C23H28N4O2S/c1-15(2)14-27-21(18-8-6-7-16(3)13-18)25-26-23(27)30-17(4)22(28)24-19-9-11-20(29-5)12-10-19/h6-13,15,17H,14H2,1-5H3,(H,24,28). The van der Waals surface area contributed by atoms with Crippen LogP contribution in [0.4, 0.5) is 5.69 Å². The first-order valence-electron chi connectivity index (χ1n) is 9.99. The lowest BCUT2D eigenvalue weighted by atomic mass is 10.1. The highest BCUT2D eigenvalue weighted by molar-refractivity contribution is 8.00. The number of carbonyl (C=O) groups excluding carboxylic acids is 1. The van der Waals surface area contributed by atoms with E-state index in [2.05, 4.69) is 53.0 Å². The van der Waals surface area contributed by atoms with Crippen molar-refractivity contribution in [2.24, 2.45) is 5.92 Å². The molecule has 0 spiro atoms. The molecule has 2 aromatic carbocycles. The Morgan fingerprint density at radius 2 is 1.87 bits per heavy atom. The smallest absolute Gasteiger partial charge is 0.237 e. The minimum atomic E-state index is -0.326. The predicted octanol–water partition coefficient (Wildman–Crippen LogP) is 5.04. The SMILES string of the molecule is COc1ccc(NC(=O)C(C)Sc2nnc(-c3cccc(C)c3)n2CC(C)C)cc1. The highest BCUT2D eigenvalue weighted by atomic mass is 32.2. The van der Waals surface area contributed by atoms with Gasteiger partial charge in [-0.25, -0.2) is 0 Å². The number of aromatic nitrogens is 3. The van der Waals surface area contributed by atoms with E-state index in [1.165, 1.54) is 17.3 Å². The van der Waals surface area contributed by atoms with Crippen LogP contribution >= 0.6 is 11.8 Å². The summed E-state index contributed by atoms with van der Waals surface area (Å²) in [4.78, 5) is 12.7. The Morgan fingerprint density at radius 1 is 1.13 bits per heavy atom. The predicted molar refractivity (Wildman–Crippen MR) is 122 cm³/mol. The fourth-order valence-electron chi connectivity index (χ4n) is 3.03. The maximum Gasteiger partial charge on any atom is 0.237 e. The number of thioether (sulfide) groups is 1. The van der Waals surface area contributed by atoms with Crippen LogP contribution in [0.2, 0.25) is 0 Å². The summed E-state index contributed by atoms with van der Waals surface area (Å²) in [6.45, 7) is 9.05. The number of anilines is 1. The minimum Gasteiger partial charge on any atom is -0.497 e. The number of nitrogens with zero attached hydrogens (tertiary/aromatic N) is 3. The molecule has 0 aliphatic heterocycles. The molecule has 0 fully saturated rings. The Labute approximate surface area is 182 Å². The van der Waals surface area contributed by atoms with E-state index < -0.39 is 0 Å². The number of aryl methyl sites for hydroxylation is 1. The van der Waals surface area contributed by atoms with E-state index in [-0.39, 0.29) is 11.2 Å². The molecule has 3 rings (SSSR count). The second-order valence-electron chi connectivity index (χ2n) is 7.66. The molecule has 1 unspecified atom stereocenters. The van der Waals surface area contributed by atoms with Gasteiger partial charge in [-0.05, 0) is 50.1 Å². The van der Waals surface area contributed by atoms with Crippen LogP contribution in [0.1, 0.15) is 26.3 Å². The molecule has 6 nitrogen and oxygen atoms in total. The lowest BCUT2D eigenvalue weighted by Crippen LogP contribution is -2.23. The molecule has 0 saturated carbocycles. The molecular weight excluding hydrogens is 396 g/mol. The van der Waals surface area contributed by atoms with Gasteiger partial charge in [0.05, 0.1) is 12.4 Å². The summed E-state index contributed by atoms with van der Waals surface area (Å²) in [6, 6.07) is 15.5. The summed E-state index contributed by atoms with van der Waals surface area (Å²) in [7, 11) is 1.62. The molecule has 0 aliphatic rings. The van der Waals surface area contributed by atoms with Gasteiger partial charge >= 0.3 is 0 Å². The van der Waals surface area contributed by atoms with Crippen molar-refractivity contribution < 1.29 is 9.53 Å². The Balaban J connectivity index is 1.78. The second kappa shape index (κ2) is 9.80. The first kappa shape index (κ1) is 21.9. The number of amides is 1. The average Bonchev–Trinajstić information content (AvgIpc) is 3.10. The third kappa shape index (κ3) is 5.42. The van der Waals surface area contributed by atoms with Gasteiger partial charge in [-0.2, -0.15) is 0 Å². The van der Waals surface area contributed by atoms with Crippen molar-refractivity contribution >= 4 is 23.4 Å². The monoisotopic (exact) mass is 424 g/mol. The van der Waals surface area contributed by atoms with Gasteiger partial charge in [-0.3, -0.25) is 4.79 Å². The van der Waals surface area contributed by atoms with Crippen molar-refractivity contribution in [3.8, 4) is 17.1 Å². The molecule has 1 atom stereocenters. The van der Waals surface area contributed by atoms with Gasteiger partial charge in [-0.1, -0.05) is 49.4 Å². The molecular formula is C23H28N4O2S. The van der Waals surface area contributed by atoms with E-state index in [1.54, 1.807) is 7.11 Å². The van der Waals surface area contributed by atoms with Crippen LogP contribution in [-0.4, -0.2) is 33.0 Å². The molecule has 7 heteroatoms. The van der Waals surface area contributed by atoms with Crippen molar-refractivity contribution in [2.75, 3.05) is 12.4 Å². The van der Waals surface area contributed by atoms with E-state index >= 15 is 0 Å². The van der Waals surface area contributed by atoms with Crippen LogP contribution in [0.3, 0.4) is 0 Å². The van der Waals surface area contributed by atoms with E-state index in [0.717, 1.165) is 34.5 Å². The van der Waals surface area contributed by atoms with Crippen molar-refractivity contribution in [3.63, 3.8) is 0 Å². The van der Waals surface area contributed by atoms with Crippen LogP contribution < -0.4 is 10.1 Å². The zero-order valence-electron chi connectivity index (χ0n) is 18.0. The summed E-state index contributed by atoms with van der Waals surface area (Å²) in [5.74, 6) is 1.92. The second-order valence-corrected chi connectivity index (χ2v) is 8.97. The van der Waals surface area contributed by atoms with E-state index in [0.29, 0.717) is 5.92 Å². The largest absolute Gasteiger partial charge is 0.497 e. The molecule has 0 aliphatic carbocycles. The highest BCUT2D eigenvalue weighted by Gasteiger charge is 2.21. The normalized spacial score (nSPS) is 12.1. The molecule has 3 aromatic rings. The van der Waals surface area contributed by atoms with E-state index in [4.69, 9.17) is 4.74 Å². The Morgan fingerprint density at radius 3 is 2.50 bits per heavy atom. The summed E-state index contributed by atoms with van der Waals surface area (Å²) < 4.78 is 7.27. The number of ether oxygens (including phenoxy) is 1. The van der Waals surface area contributed by atoms with Gasteiger partial charge in [0.15, 0.2) is 11.0 Å². The number of rotatable bonds is 8. The van der Waals surface area contributed by atoms with E-state index in [1.807, 2.05) is 43.3 Å². The number of methoxy groups -OCH3 is 1. The summed E-state index contributed by atoms with van der Waals surface area (Å²) >= 11 is 1.42. The number of benzene rings is 2. The van der Waals surface area contributed by atoms with Crippen LogP contribution in [0.25, 0.3) is 11.4 Å². The Hall–Kier alpha value is -2.80. The van der Waals surface area contributed by atoms with Crippen molar-refractivity contribution in [2.45, 2.75) is 44.6 Å². The number of hydrogen-bond donors (Lipinski definition) is 1. The molecule has 30 heavy (non-hydrogen) atoms. The first-order valence-corrected chi connectivity index (χ1v) is 10.9. The van der Waals surface area contributed by atoms with Crippen LogP contribution in [0.5, 0.6) is 5.75 Å². The lowest BCUT2D eigenvalue weighted by Gasteiger charge is -2.15. The van der Waals surface area contributed by atoms with Crippen LogP contribution in [0.15, 0.2) is 53.7 Å². The molecule has 1 heterocycles. The Bertz CT molecular complexity index is 999. The summed E-state index contributed by atoms with van der Waals surface area (Å²) in [6.07, 6.45) is 0. The third-order valence-electron chi connectivity index (χ3n) is 4.55. The quantitative estimate of drug-likeness (QED) is 0.513. The van der Waals surface area contributed by atoms with Gasteiger partial charge in [0.2, 0.25) is 5.91 Å². The lowest BCUT2D eigenvalue weighted by molar-refractivity contribution is -0.115. The Kier molecular flexibility index (Phi) is 7.15. The van der Waals surface area contributed by atoms with Crippen molar-refractivity contribution in [1.29, 1.82) is 0 Å². The molecule has 0 bridgehead atoms. The minimum absolute atomic E-state index is 0.0821. The number of hydrogen-bond acceptors (Lipinski definition) is 5. The maximum absolute atomic E-state index is 12.7. The van der Waals surface area contributed by atoms with Crippen molar-refractivity contribution in [1.82, 2.24) is 14.8 Å². The highest BCUT2D eigenvalue weighted by Crippen LogP contribution is 2.29. The summed E-state index contributed by atoms with van der Waals surface area (Å²) in [5, 5.41) is 12.2. The molecule has 1 amide bonds. The van der Waals surface area contributed by atoms with Gasteiger partial charge in [0.25, 0.3) is 0 Å². The van der Waals surface area contributed by atoms with Crippen LogP contribution in [-0.2, 0) is 11.3 Å². The fourth-order valence-corrected chi connectivity index (χ4v) is 3.89. The third-order valence-corrected chi connectivity index (χ3v) is 5.63. The van der Waals surface area contributed by atoms with E-state index in [9.17, 15) is 4.79 Å². The van der Waals surface area contributed by atoms with Gasteiger partial charge in [0.1, 0.15) is 5.75 Å². The van der Waals surface area contributed by atoms with Crippen molar-refractivity contribution in [3.05, 3.63) is 54.1 Å². The number of carbonyl (C=O) groups is 1. The maximum atomic E-state index is 12.7. The molecule has 1 aromatic heterocycles. The van der Waals surface area contributed by atoms with Crippen LogP contribution in [0, 0.1) is 12.8 Å². The molecule has 158 valence electrons.